The Morgan fingerprint density at radius 1 is 1.19 bits per heavy atom. The van der Waals surface area contributed by atoms with Gasteiger partial charge in [-0.15, -0.1) is 0 Å². The Labute approximate surface area is 162 Å². The highest BCUT2D eigenvalue weighted by molar-refractivity contribution is 5.80. The molecule has 6 heteroatoms. The molecule has 6 nitrogen and oxygen atoms in total. The van der Waals surface area contributed by atoms with Crippen LogP contribution in [0.25, 0.3) is 11.0 Å². The fourth-order valence-electron chi connectivity index (χ4n) is 3.58. The van der Waals surface area contributed by atoms with Crippen LogP contribution >= 0.6 is 0 Å². The zero-order valence-corrected chi connectivity index (χ0v) is 16.7. The largest absolute Gasteiger partial charge is 0.459 e. The van der Waals surface area contributed by atoms with Crippen molar-refractivity contribution in [2.45, 2.75) is 32.9 Å². The van der Waals surface area contributed by atoms with Crippen molar-refractivity contribution in [1.29, 1.82) is 0 Å². The van der Waals surface area contributed by atoms with Crippen LogP contribution in [-0.4, -0.2) is 56.8 Å². The second kappa shape index (κ2) is 9.76. The third-order valence-electron chi connectivity index (χ3n) is 4.94. The summed E-state index contributed by atoms with van der Waals surface area (Å²) in [5.74, 6) is 2.37. The van der Waals surface area contributed by atoms with E-state index in [1.807, 2.05) is 18.2 Å². The fraction of sp³-hybridized carbons (Fsp3) is 0.571. The maximum Gasteiger partial charge on any atom is 0.191 e. The number of morpholine rings is 1. The van der Waals surface area contributed by atoms with E-state index < -0.39 is 0 Å². The number of hydrogen-bond acceptors (Lipinski definition) is 4. The van der Waals surface area contributed by atoms with Crippen LogP contribution in [0.15, 0.2) is 39.7 Å². The van der Waals surface area contributed by atoms with Gasteiger partial charge in [0, 0.05) is 38.1 Å². The van der Waals surface area contributed by atoms with Crippen molar-refractivity contribution in [3.05, 3.63) is 36.1 Å². The highest BCUT2D eigenvalue weighted by atomic mass is 16.5. The maximum absolute atomic E-state index is 5.87. The predicted octanol–water partition coefficient (Wildman–Crippen LogP) is 2.84. The minimum atomic E-state index is 0.485. The lowest BCUT2D eigenvalue weighted by Crippen LogP contribution is -2.50. The highest BCUT2D eigenvalue weighted by Crippen LogP contribution is 2.18. The molecule has 1 aromatic heterocycles. The average Bonchev–Trinajstić information content (AvgIpc) is 3.10. The van der Waals surface area contributed by atoms with E-state index in [1.54, 1.807) is 7.05 Å². The predicted molar refractivity (Wildman–Crippen MR) is 110 cm³/mol. The first kappa shape index (κ1) is 19.7. The number of nitrogens with zero attached hydrogens (tertiary/aromatic N) is 2. The Bertz CT molecular complexity index is 702. The lowest BCUT2D eigenvalue weighted by Gasteiger charge is -2.35. The summed E-state index contributed by atoms with van der Waals surface area (Å²) in [6.45, 7) is 9.71. The van der Waals surface area contributed by atoms with Crippen LogP contribution < -0.4 is 10.6 Å². The van der Waals surface area contributed by atoms with Crippen molar-refractivity contribution in [2.24, 2.45) is 10.9 Å². The molecule has 1 fully saturated rings. The zero-order chi connectivity index (χ0) is 19.1. The second-order valence-corrected chi connectivity index (χ2v) is 7.49. The van der Waals surface area contributed by atoms with Crippen LogP contribution in [0.3, 0.4) is 0 Å². The number of benzene rings is 1. The summed E-state index contributed by atoms with van der Waals surface area (Å²) in [6.07, 6.45) is 1.16. The van der Waals surface area contributed by atoms with Gasteiger partial charge in [0.15, 0.2) is 5.96 Å². The van der Waals surface area contributed by atoms with Crippen LogP contribution in [0, 0.1) is 5.92 Å². The number of ether oxygens (including phenoxy) is 1. The first-order chi connectivity index (χ1) is 13.2. The van der Waals surface area contributed by atoms with Crippen LogP contribution in [0.4, 0.5) is 0 Å². The van der Waals surface area contributed by atoms with E-state index in [0.29, 0.717) is 18.5 Å². The van der Waals surface area contributed by atoms with Gasteiger partial charge < -0.3 is 19.8 Å². The normalized spacial score (nSPS) is 17.4. The fourth-order valence-corrected chi connectivity index (χ4v) is 3.58. The molecule has 1 aliphatic heterocycles. The molecule has 2 aromatic rings. The third-order valence-corrected chi connectivity index (χ3v) is 4.94. The molecule has 1 unspecified atom stereocenters. The second-order valence-electron chi connectivity index (χ2n) is 7.49. The third kappa shape index (κ3) is 5.71. The van der Waals surface area contributed by atoms with Crippen LogP contribution in [-0.2, 0) is 11.3 Å². The van der Waals surface area contributed by atoms with Gasteiger partial charge in [-0.1, -0.05) is 32.0 Å². The summed E-state index contributed by atoms with van der Waals surface area (Å²) < 4.78 is 11.4. The summed E-state index contributed by atoms with van der Waals surface area (Å²) in [5.41, 5.74) is 0.918. The number of hydrogen-bond donors (Lipinski definition) is 2. The van der Waals surface area contributed by atoms with Gasteiger partial charge in [0.2, 0.25) is 0 Å². The van der Waals surface area contributed by atoms with E-state index in [0.717, 1.165) is 62.0 Å². The van der Waals surface area contributed by atoms with Crippen molar-refractivity contribution in [3.63, 3.8) is 0 Å². The molecule has 1 saturated heterocycles. The van der Waals surface area contributed by atoms with Gasteiger partial charge in [0.05, 0.1) is 19.8 Å². The van der Waals surface area contributed by atoms with E-state index in [-0.39, 0.29) is 0 Å². The molecule has 0 spiro atoms. The van der Waals surface area contributed by atoms with Gasteiger partial charge in [-0.2, -0.15) is 0 Å². The monoisotopic (exact) mass is 372 g/mol. The molecule has 1 atom stereocenters. The van der Waals surface area contributed by atoms with E-state index in [4.69, 9.17) is 9.15 Å². The van der Waals surface area contributed by atoms with Crippen molar-refractivity contribution >= 4 is 16.9 Å². The van der Waals surface area contributed by atoms with Crippen LogP contribution in [0.2, 0.25) is 0 Å². The molecule has 1 aliphatic rings. The number of para-hydroxylation sites is 1. The smallest absolute Gasteiger partial charge is 0.191 e. The zero-order valence-electron chi connectivity index (χ0n) is 16.7. The number of aliphatic imine (C=N–C) groups is 1. The Morgan fingerprint density at radius 3 is 2.67 bits per heavy atom. The molecule has 0 radical (unpaired) electrons. The van der Waals surface area contributed by atoms with Crippen LogP contribution in [0.1, 0.15) is 26.0 Å². The van der Waals surface area contributed by atoms with Gasteiger partial charge in [0.1, 0.15) is 11.3 Å². The Kier molecular flexibility index (Phi) is 7.12. The molecule has 3 rings (SSSR count). The first-order valence-corrected chi connectivity index (χ1v) is 9.89. The SMILES string of the molecule is CN=C(NCc1cc2ccccc2o1)NCC(CC(C)C)N1CCOCC1. The van der Waals surface area contributed by atoms with E-state index in [1.165, 1.54) is 0 Å². The summed E-state index contributed by atoms with van der Waals surface area (Å²) in [4.78, 5) is 6.89. The van der Waals surface area contributed by atoms with Crippen LogP contribution in [0.5, 0.6) is 0 Å². The number of fused-ring (bicyclic) bond motifs is 1. The number of rotatable bonds is 7. The topological polar surface area (TPSA) is 62.0 Å². The lowest BCUT2D eigenvalue weighted by atomic mass is 10.0. The van der Waals surface area contributed by atoms with Gasteiger partial charge in [-0.3, -0.25) is 9.89 Å². The minimum Gasteiger partial charge on any atom is -0.459 e. The molecule has 1 aromatic carbocycles. The highest BCUT2D eigenvalue weighted by Gasteiger charge is 2.22. The van der Waals surface area contributed by atoms with Gasteiger partial charge in [0.25, 0.3) is 0 Å². The minimum absolute atomic E-state index is 0.485. The molecule has 27 heavy (non-hydrogen) atoms. The van der Waals surface area contributed by atoms with Crippen molar-refractivity contribution in [2.75, 3.05) is 39.9 Å². The molecule has 0 saturated carbocycles. The van der Waals surface area contributed by atoms with E-state index >= 15 is 0 Å². The standard InChI is InChI=1S/C21H32N4O2/c1-16(2)12-18(25-8-10-26-11-9-25)14-23-21(22-3)24-15-19-13-17-6-4-5-7-20(17)27-19/h4-7,13,16,18H,8-12,14-15H2,1-3H3,(H2,22,23,24). The Morgan fingerprint density at radius 2 is 1.96 bits per heavy atom. The summed E-state index contributed by atoms with van der Waals surface area (Å²) >= 11 is 0. The van der Waals surface area contributed by atoms with Crippen molar-refractivity contribution in [1.82, 2.24) is 15.5 Å². The summed E-state index contributed by atoms with van der Waals surface area (Å²) in [7, 11) is 1.81. The Balaban J connectivity index is 1.53. The number of nitrogens with one attached hydrogen (secondary N) is 2. The number of guanidine groups is 1. The van der Waals surface area contributed by atoms with E-state index in [2.05, 4.69) is 46.5 Å². The molecular formula is C21H32N4O2. The molecule has 0 aliphatic carbocycles. The molecule has 2 heterocycles. The summed E-state index contributed by atoms with van der Waals surface area (Å²) in [6, 6.07) is 10.6. The van der Waals surface area contributed by atoms with Gasteiger partial charge >= 0.3 is 0 Å². The quantitative estimate of drug-likeness (QED) is 0.578. The lowest BCUT2D eigenvalue weighted by molar-refractivity contribution is 0.0132. The van der Waals surface area contributed by atoms with Gasteiger partial charge in [-0.25, -0.2) is 0 Å². The van der Waals surface area contributed by atoms with Crippen molar-refractivity contribution < 1.29 is 9.15 Å². The molecule has 148 valence electrons. The molecule has 0 bridgehead atoms. The maximum atomic E-state index is 5.87. The molecular weight excluding hydrogens is 340 g/mol. The Hall–Kier alpha value is -2.05. The average molecular weight is 373 g/mol. The molecule has 0 amide bonds. The molecule has 2 N–H and O–H groups in total. The van der Waals surface area contributed by atoms with Gasteiger partial charge in [-0.05, 0) is 24.5 Å². The first-order valence-electron chi connectivity index (χ1n) is 9.89. The van der Waals surface area contributed by atoms with Crippen molar-refractivity contribution in [3.8, 4) is 0 Å². The number of furan rings is 1. The summed E-state index contributed by atoms with van der Waals surface area (Å²) in [5, 5.41) is 7.98. The van der Waals surface area contributed by atoms with E-state index in [9.17, 15) is 0 Å².